The summed E-state index contributed by atoms with van der Waals surface area (Å²) in [7, 11) is 0. The van der Waals surface area contributed by atoms with Crippen molar-refractivity contribution < 1.29 is 9.53 Å². The van der Waals surface area contributed by atoms with Crippen LogP contribution in [0, 0.1) is 0 Å². The Labute approximate surface area is 140 Å². The molecule has 0 saturated heterocycles. The van der Waals surface area contributed by atoms with Crippen LogP contribution >= 0.6 is 15.9 Å². The maximum atomic E-state index is 12.1. The maximum Gasteiger partial charge on any atom is 0.408 e. The summed E-state index contributed by atoms with van der Waals surface area (Å²) in [6.45, 7) is 5.67. The standard InChI is InChI=1S/C18H22BrNO2/c1-18(2,3)22-17(21)20-16-6-4-5-13-14-10-12(19)8-7-11(14)9-15(13)16/h7-8,10,16H,4-6,9H2,1-3H3,(H,20,21). The number of fused-ring (bicyclic) bond motifs is 2. The largest absolute Gasteiger partial charge is 0.444 e. The van der Waals surface area contributed by atoms with Crippen molar-refractivity contribution in [3.63, 3.8) is 0 Å². The van der Waals surface area contributed by atoms with E-state index < -0.39 is 5.60 Å². The van der Waals surface area contributed by atoms with E-state index in [1.54, 1.807) is 0 Å². The van der Waals surface area contributed by atoms with Gasteiger partial charge in [-0.1, -0.05) is 22.0 Å². The minimum atomic E-state index is -0.459. The summed E-state index contributed by atoms with van der Waals surface area (Å²) in [6.07, 6.45) is 3.82. The molecular weight excluding hydrogens is 342 g/mol. The zero-order valence-electron chi connectivity index (χ0n) is 13.3. The zero-order valence-corrected chi connectivity index (χ0v) is 14.9. The molecule has 1 unspecified atom stereocenters. The van der Waals surface area contributed by atoms with Gasteiger partial charge in [0.15, 0.2) is 0 Å². The van der Waals surface area contributed by atoms with Crippen LogP contribution in [0.4, 0.5) is 4.79 Å². The van der Waals surface area contributed by atoms with Crippen molar-refractivity contribution in [2.24, 2.45) is 0 Å². The van der Waals surface area contributed by atoms with Gasteiger partial charge in [-0.15, -0.1) is 0 Å². The van der Waals surface area contributed by atoms with E-state index in [2.05, 4.69) is 39.4 Å². The Bertz CT molecular complexity index is 643. The van der Waals surface area contributed by atoms with Gasteiger partial charge in [-0.3, -0.25) is 0 Å². The van der Waals surface area contributed by atoms with E-state index in [0.29, 0.717) is 0 Å². The van der Waals surface area contributed by atoms with Crippen molar-refractivity contribution in [3.05, 3.63) is 39.4 Å². The molecule has 2 aliphatic rings. The van der Waals surface area contributed by atoms with Crippen molar-refractivity contribution in [1.82, 2.24) is 5.32 Å². The Morgan fingerprint density at radius 2 is 2.14 bits per heavy atom. The summed E-state index contributed by atoms with van der Waals surface area (Å²) in [4.78, 5) is 12.1. The summed E-state index contributed by atoms with van der Waals surface area (Å²) >= 11 is 3.56. The number of nitrogens with one attached hydrogen (secondary N) is 1. The fourth-order valence-corrected chi connectivity index (χ4v) is 3.72. The molecule has 0 fully saturated rings. The van der Waals surface area contributed by atoms with Crippen molar-refractivity contribution in [1.29, 1.82) is 0 Å². The predicted molar refractivity (Wildman–Crippen MR) is 91.8 cm³/mol. The van der Waals surface area contributed by atoms with Gasteiger partial charge in [0.05, 0.1) is 6.04 Å². The van der Waals surface area contributed by atoms with E-state index in [4.69, 9.17) is 4.74 Å². The lowest BCUT2D eigenvalue weighted by Crippen LogP contribution is -2.41. The third kappa shape index (κ3) is 3.22. The van der Waals surface area contributed by atoms with E-state index in [9.17, 15) is 4.79 Å². The molecule has 0 bridgehead atoms. The summed E-state index contributed by atoms with van der Waals surface area (Å²) in [5.41, 5.74) is 5.04. The number of rotatable bonds is 1. The van der Waals surface area contributed by atoms with Crippen LogP contribution in [0.25, 0.3) is 5.57 Å². The number of amides is 1. The first-order valence-corrected chi connectivity index (χ1v) is 8.63. The number of benzene rings is 1. The van der Waals surface area contributed by atoms with Crippen molar-refractivity contribution in [2.75, 3.05) is 0 Å². The molecule has 0 radical (unpaired) electrons. The van der Waals surface area contributed by atoms with Gasteiger partial charge in [0.2, 0.25) is 0 Å². The average Bonchev–Trinajstić information content (AvgIpc) is 2.76. The monoisotopic (exact) mass is 363 g/mol. The Morgan fingerprint density at radius 1 is 1.36 bits per heavy atom. The van der Waals surface area contributed by atoms with Crippen LogP contribution in [0.1, 0.15) is 51.2 Å². The lowest BCUT2D eigenvalue weighted by atomic mass is 9.88. The first-order chi connectivity index (χ1) is 10.3. The molecule has 0 aromatic heterocycles. The average molecular weight is 364 g/mol. The molecule has 2 aliphatic carbocycles. The first-order valence-electron chi connectivity index (χ1n) is 7.84. The molecule has 1 atom stereocenters. The second kappa shape index (κ2) is 5.73. The minimum absolute atomic E-state index is 0.102. The summed E-state index contributed by atoms with van der Waals surface area (Å²) in [6, 6.07) is 6.58. The summed E-state index contributed by atoms with van der Waals surface area (Å²) in [5.74, 6) is 0. The van der Waals surface area contributed by atoms with Gasteiger partial charge in [0.1, 0.15) is 5.60 Å². The molecule has 1 N–H and O–H groups in total. The normalized spacial score (nSPS) is 20.5. The lowest BCUT2D eigenvalue weighted by molar-refractivity contribution is 0.0508. The highest BCUT2D eigenvalue weighted by atomic mass is 79.9. The van der Waals surface area contributed by atoms with Crippen LogP contribution in [0.3, 0.4) is 0 Å². The molecule has 118 valence electrons. The Balaban J connectivity index is 1.80. The number of ether oxygens (including phenoxy) is 1. The quantitative estimate of drug-likeness (QED) is 0.775. The highest BCUT2D eigenvalue weighted by molar-refractivity contribution is 9.10. The zero-order chi connectivity index (χ0) is 15.9. The number of hydrogen-bond acceptors (Lipinski definition) is 2. The third-order valence-electron chi connectivity index (χ3n) is 4.20. The minimum Gasteiger partial charge on any atom is -0.444 e. The van der Waals surface area contributed by atoms with E-state index >= 15 is 0 Å². The van der Waals surface area contributed by atoms with Crippen LogP contribution in [0.2, 0.25) is 0 Å². The smallest absolute Gasteiger partial charge is 0.408 e. The third-order valence-corrected chi connectivity index (χ3v) is 4.69. The van der Waals surface area contributed by atoms with Gasteiger partial charge in [-0.05, 0) is 80.9 Å². The topological polar surface area (TPSA) is 38.3 Å². The number of alkyl carbamates (subject to hydrolysis) is 1. The van der Waals surface area contributed by atoms with Gasteiger partial charge in [0, 0.05) is 4.47 Å². The fraction of sp³-hybridized carbons (Fsp3) is 0.500. The molecule has 0 spiro atoms. The van der Waals surface area contributed by atoms with E-state index in [1.165, 1.54) is 22.3 Å². The molecular formula is C18H22BrNO2. The number of allylic oxidation sites excluding steroid dienone is 1. The molecule has 0 heterocycles. The molecule has 4 heteroatoms. The molecule has 22 heavy (non-hydrogen) atoms. The number of carbonyl (C=O) groups excluding carboxylic acids is 1. The van der Waals surface area contributed by atoms with Gasteiger partial charge in [-0.2, -0.15) is 0 Å². The van der Waals surface area contributed by atoms with Crippen LogP contribution < -0.4 is 5.32 Å². The second-order valence-electron chi connectivity index (χ2n) is 7.07. The number of carbonyl (C=O) groups is 1. The van der Waals surface area contributed by atoms with Crippen LogP contribution in [-0.4, -0.2) is 17.7 Å². The SMILES string of the molecule is CC(C)(C)OC(=O)NC1CCCC2=C1Cc1ccc(Br)cc12. The number of hydrogen-bond donors (Lipinski definition) is 1. The van der Waals surface area contributed by atoms with E-state index in [-0.39, 0.29) is 12.1 Å². The van der Waals surface area contributed by atoms with Gasteiger partial charge in [-0.25, -0.2) is 4.79 Å². The van der Waals surface area contributed by atoms with E-state index in [0.717, 1.165) is 30.2 Å². The second-order valence-corrected chi connectivity index (χ2v) is 7.99. The summed E-state index contributed by atoms with van der Waals surface area (Å²) in [5, 5.41) is 3.07. The first kappa shape index (κ1) is 15.6. The highest BCUT2D eigenvalue weighted by Crippen LogP contribution is 2.42. The van der Waals surface area contributed by atoms with Crippen LogP contribution in [-0.2, 0) is 11.2 Å². The van der Waals surface area contributed by atoms with Gasteiger partial charge in [0.25, 0.3) is 0 Å². The molecule has 1 aromatic carbocycles. The molecule has 0 aliphatic heterocycles. The van der Waals surface area contributed by atoms with Crippen LogP contribution in [0.5, 0.6) is 0 Å². The van der Waals surface area contributed by atoms with Crippen molar-refractivity contribution in [3.8, 4) is 0 Å². The lowest BCUT2D eigenvalue weighted by Gasteiger charge is -2.28. The molecule has 0 saturated carbocycles. The highest BCUT2D eigenvalue weighted by Gasteiger charge is 2.31. The molecule has 3 nitrogen and oxygen atoms in total. The van der Waals surface area contributed by atoms with Crippen molar-refractivity contribution in [2.45, 2.75) is 58.1 Å². The van der Waals surface area contributed by atoms with E-state index in [1.807, 2.05) is 20.8 Å². The van der Waals surface area contributed by atoms with Gasteiger partial charge < -0.3 is 10.1 Å². The fourth-order valence-electron chi connectivity index (χ4n) is 3.36. The Kier molecular flexibility index (Phi) is 4.06. The van der Waals surface area contributed by atoms with Crippen molar-refractivity contribution >= 4 is 27.6 Å². The summed E-state index contributed by atoms with van der Waals surface area (Å²) < 4.78 is 6.52. The predicted octanol–water partition coefficient (Wildman–Crippen LogP) is 4.84. The maximum absolute atomic E-state index is 12.1. The Hall–Kier alpha value is -1.29. The van der Waals surface area contributed by atoms with Crippen LogP contribution in [0.15, 0.2) is 28.2 Å². The Morgan fingerprint density at radius 3 is 2.86 bits per heavy atom. The number of halogens is 1. The molecule has 3 rings (SSSR count). The van der Waals surface area contributed by atoms with Gasteiger partial charge >= 0.3 is 6.09 Å². The molecule has 1 aromatic rings. The molecule has 1 amide bonds.